The second kappa shape index (κ2) is 7.27. The van der Waals surface area contributed by atoms with Gasteiger partial charge in [-0.2, -0.15) is 5.10 Å². The van der Waals surface area contributed by atoms with Gasteiger partial charge in [0.15, 0.2) is 5.82 Å². The Balaban J connectivity index is 1.84. The molecule has 1 aromatic heterocycles. The third kappa shape index (κ3) is 3.13. The molecule has 0 radical (unpaired) electrons. The number of hydrogen-bond acceptors (Lipinski definition) is 4. The fourth-order valence-corrected chi connectivity index (χ4v) is 3.69. The molecule has 4 rings (SSSR count). The lowest BCUT2D eigenvalue weighted by molar-refractivity contribution is -0.120. The summed E-state index contributed by atoms with van der Waals surface area (Å²) in [5.41, 5.74) is 1.36. The first-order valence-corrected chi connectivity index (χ1v) is 9.61. The molecule has 0 saturated carbocycles. The van der Waals surface area contributed by atoms with E-state index in [9.17, 15) is 9.59 Å². The third-order valence-electron chi connectivity index (χ3n) is 4.59. The number of anilines is 1. The van der Waals surface area contributed by atoms with Crippen LogP contribution in [0.25, 0.3) is 5.69 Å². The zero-order chi connectivity index (χ0) is 19.8. The summed E-state index contributed by atoms with van der Waals surface area (Å²) < 4.78 is 1.60. The van der Waals surface area contributed by atoms with Gasteiger partial charge in [-0.1, -0.05) is 23.7 Å². The van der Waals surface area contributed by atoms with Crippen molar-refractivity contribution in [2.75, 3.05) is 24.5 Å². The van der Waals surface area contributed by atoms with Gasteiger partial charge >= 0.3 is 6.03 Å². The van der Waals surface area contributed by atoms with E-state index in [1.807, 2.05) is 32.0 Å². The molecule has 0 fully saturated rings. The Morgan fingerprint density at radius 1 is 1.32 bits per heavy atom. The van der Waals surface area contributed by atoms with Crippen LogP contribution in [0.1, 0.15) is 25.8 Å². The Labute approximate surface area is 167 Å². The van der Waals surface area contributed by atoms with Crippen LogP contribution in [0, 0.1) is 0 Å². The minimum absolute atomic E-state index is 0.0209. The third-order valence-corrected chi connectivity index (χ3v) is 4.91. The molecule has 0 unspecified atom stereocenters. The Morgan fingerprint density at radius 3 is 2.86 bits per heavy atom. The van der Waals surface area contributed by atoms with Gasteiger partial charge in [0.1, 0.15) is 12.4 Å². The number of amidine groups is 1. The number of hydrogen-bond donors (Lipinski definition) is 1. The summed E-state index contributed by atoms with van der Waals surface area (Å²) in [6.45, 7) is 4.87. The van der Waals surface area contributed by atoms with Crippen LogP contribution in [0.3, 0.4) is 0 Å². The predicted molar refractivity (Wildman–Crippen MR) is 107 cm³/mol. The van der Waals surface area contributed by atoms with Gasteiger partial charge in [0.2, 0.25) is 5.91 Å². The van der Waals surface area contributed by atoms with Crippen molar-refractivity contribution in [2.45, 2.75) is 26.3 Å². The largest absolute Gasteiger partial charge is 0.352 e. The minimum Gasteiger partial charge on any atom is -0.352 e. The first-order chi connectivity index (χ1) is 13.5. The molecule has 0 saturated heterocycles. The molecule has 9 heteroatoms. The van der Waals surface area contributed by atoms with E-state index >= 15 is 0 Å². The van der Waals surface area contributed by atoms with E-state index in [-0.39, 0.29) is 24.5 Å². The number of nitrogens with one attached hydrogen (secondary N) is 1. The number of aromatic nitrogens is 2. The average Bonchev–Trinajstić information content (AvgIpc) is 3.10. The number of benzene rings is 1. The van der Waals surface area contributed by atoms with Crippen LogP contribution in [0.4, 0.5) is 10.6 Å². The summed E-state index contributed by atoms with van der Waals surface area (Å²) in [6, 6.07) is 6.96. The Morgan fingerprint density at radius 2 is 2.11 bits per heavy atom. The first-order valence-electron chi connectivity index (χ1n) is 9.23. The molecule has 3 amide bonds. The summed E-state index contributed by atoms with van der Waals surface area (Å²) in [5.74, 6) is 0.873. The second-order valence-corrected chi connectivity index (χ2v) is 7.45. The fourth-order valence-electron chi connectivity index (χ4n) is 3.47. The lowest BCUT2D eigenvalue weighted by Gasteiger charge is -2.37. The van der Waals surface area contributed by atoms with E-state index in [0.717, 1.165) is 12.0 Å². The molecule has 0 bridgehead atoms. The summed E-state index contributed by atoms with van der Waals surface area (Å²) >= 11 is 6.37. The number of aliphatic imine (C=N–C) groups is 1. The van der Waals surface area contributed by atoms with Crippen LogP contribution < -0.4 is 10.2 Å². The van der Waals surface area contributed by atoms with Gasteiger partial charge < -0.3 is 5.32 Å². The molecule has 0 atom stereocenters. The molecule has 2 aromatic rings. The molecule has 8 nitrogen and oxygen atoms in total. The van der Waals surface area contributed by atoms with Gasteiger partial charge in [-0.05, 0) is 32.4 Å². The molecule has 28 heavy (non-hydrogen) atoms. The molecule has 3 heterocycles. The Kier molecular flexibility index (Phi) is 4.80. The average molecular weight is 401 g/mol. The van der Waals surface area contributed by atoms with Crippen LogP contribution in [0.2, 0.25) is 5.02 Å². The maximum atomic E-state index is 13.2. The fraction of sp³-hybridized carbons (Fsp3) is 0.368. The number of carbonyl (C=O) groups is 2. The molecule has 2 aliphatic rings. The van der Waals surface area contributed by atoms with Gasteiger partial charge in [-0.3, -0.25) is 19.6 Å². The van der Waals surface area contributed by atoms with Crippen molar-refractivity contribution in [1.29, 1.82) is 0 Å². The molecular weight excluding hydrogens is 380 g/mol. The highest BCUT2D eigenvalue weighted by Gasteiger charge is 2.40. The van der Waals surface area contributed by atoms with Crippen LogP contribution in [0.5, 0.6) is 0 Å². The molecule has 2 aliphatic heterocycles. The number of para-hydroxylation sites is 1. The number of amides is 3. The molecule has 1 N–H and O–H groups in total. The van der Waals surface area contributed by atoms with Crippen molar-refractivity contribution in [3.63, 3.8) is 0 Å². The monoisotopic (exact) mass is 400 g/mol. The summed E-state index contributed by atoms with van der Waals surface area (Å²) in [6.07, 6.45) is 2.46. The lowest BCUT2D eigenvalue weighted by Crippen LogP contribution is -2.55. The number of halogens is 1. The van der Waals surface area contributed by atoms with Crippen molar-refractivity contribution < 1.29 is 9.59 Å². The predicted octanol–water partition coefficient (Wildman–Crippen LogP) is 2.44. The summed E-state index contributed by atoms with van der Waals surface area (Å²) in [4.78, 5) is 33.3. The van der Waals surface area contributed by atoms with Crippen molar-refractivity contribution >= 4 is 35.2 Å². The van der Waals surface area contributed by atoms with Gasteiger partial charge in [0.25, 0.3) is 0 Å². The number of carbonyl (C=O) groups excluding carboxylic acids is 2. The van der Waals surface area contributed by atoms with Crippen LogP contribution >= 0.6 is 11.6 Å². The summed E-state index contributed by atoms with van der Waals surface area (Å²) in [7, 11) is 0. The van der Waals surface area contributed by atoms with Crippen LogP contribution in [-0.4, -0.2) is 58.1 Å². The summed E-state index contributed by atoms with van der Waals surface area (Å²) in [5, 5.41) is 7.81. The van der Waals surface area contributed by atoms with E-state index in [1.54, 1.807) is 21.8 Å². The quantitative estimate of drug-likeness (QED) is 0.855. The zero-order valence-corrected chi connectivity index (χ0v) is 16.5. The zero-order valence-electron chi connectivity index (χ0n) is 15.7. The van der Waals surface area contributed by atoms with Crippen LogP contribution in [0.15, 0.2) is 35.5 Å². The maximum Gasteiger partial charge on any atom is 0.331 e. The smallest absolute Gasteiger partial charge is 0.331 e. The van der Waals surface area contributed by atoms with Gasteiger partial charge in [0.05, 0.1) is 22.5 Å². The molecule has 0 spiro atoms. The molecule has 0 aliphatic carbocycles. The number of fused-ring (bicyclic) bond motifs is 3. The number of rotatable bonds is 4. The van der Waals surface area contributed by atoms with Crippen molar-refractivity contribution in [3.05, 3.63) is 41.0 Å². The Hall–Kier alpha value is -2.87. The highest BCUT2D eigenvalue weighted by atomic mass is 35.5. The number of urea groups is 1. The standard InChI is InChI=1S/C19H21ClN6O2/c1-12(2)23-16(27)11-25-18-13(17-21-8-5-9-24(17)19(25)28)10-22-26(18)15-7-4-3-6-14(15)20/h3-4,6-7,10,12H,5,8-9,11H2,1-2H3,(H,23,27). The van der Waals surface area contributed by atoms with Gasteiger partial charge in [-0.25, -0.2) is 9.48 Å². The highest BCUT2D eigenvalue weighted by Crippen LogP contribution is 2.34. The van der Waals surface area contributed by atoms with Crippen molar-refractivity contribution in [2.24, 2.45) is 4.99 Å². The Bertz CT molecular complexity index is 967. The van der Waals surface area contributed by atoms with Crippen molar-refractivity contribution in [3.8, 4) is 5.69 Å². The molecule has 1 aromatic carbocycles. The first kappa shape index (κ1) is 18.5. The van der Waals surface area contributed by atoms with E-state index < -0.39 is 0 Å². The lowest BCUT2D eigenvalue weighted by atomic mass is 10.1. The molecular formula is C19H21ClN6O2. The topological polar surface area (TPSA) is 82.8 Å². The SMILES string of the molecule is CC(C)NC(=O)CN1C(=O)N2CCCN=C2c2cnn(-c3ccccc3Cl)c21. The normalized spacial score (nSPS) is 16.0. The molecule has 146 valence electrons. The van der Waals surface area contributed by atoms with Crippen LogP contribution in [-0.2, 0) is 4.79 Å². The van der Waals surface area contributed by atoms with E-state index in [4.69, 9.17) is 11.6 Å². The van der Waals surface area contributed by atoms with E-state index in [0.29, 0.717) is 35.5 Å². The number of nitrogens with zero attached hydrogens (tertiary/aromatic N) is 5. The maximum absolute atomic E-state index is 13.2. The minimum atomic E-state index is -0.279. The van der Waals surface area contributed by atoms with E-state index in [2.05, 4.69) is 15.4 Å². The highest BCUT2D eigenvalue weighted by molar-refractivity contribution is 6.32. The van der Waals surface area contributed by atoms with E-state index in [1.165, 1.54) is 4.90 Å². The second-order valence-electron chi connectivity index (χ2n) is 7.05. The van der Waals surface area contributed by atoms with Gasteiger partial charge in [0, 0.05) is 19.1 Å². The van der Waals surface area contributed by atoms with Gasteiger partial charge in [-0.15, -0.1) is 0 Å². The van der Waals surface area contributed by atoms with Crippen molar-refractivity contribution in [1.82, 2.24) is 20.0 Å².